The number of hydrazone groups is 1. The van der Waals surface area contributed by atoms with Gasteiger partial charge in [0.05, 0.1) is 18.3 Å². The molecule has 5 nitrogen and oxygen atoms in total. The van der Waals surface area contributed by atoms with Gasteiger partial charge < -0.3 is 4.74 Å². The first-order valence-corrected chi connectivity index (χ1v) is 5.66. The standard InChI is InChI=1S/C13H11N3O2/c17-13-16(7-8-18-13)15-9-10-5-6-14-12-4-2-1-3-11(10)12/h1-6,9H,7-8H2. The second-order valence-corrected chi connectivity index (χ2v) is 3.90. The van der Waals surface area contributed by atoms with E-state index in [0.717, 1.165) is 16.5 Å². The van der Waals surface area contributed by atoms with Gasteiger partial charge in [-0.3, -0.25) is 4.98 Å². The number of amides is 1. The number of nitrogens with zero attached hydrogens (tertiary/aromatic N) is 3. The van der Waals surface area contributed by atoms with Crippen molar-refractivity contribution in [3.8, 4) is 0 Å². The van der Waals surface area contributed by atoms with E-state index in [1.54, 1.807) is 12.4 Å². The topological polar surface area (TPSA) is 54.8 Å². The number of benzene rings is 1. The van der Waals surface area contributed by atoms with Crippen LogP contribution >= 0.6 is 0 Å². The molecule has 0 atom stereocenters. The first-order valence-electron chi connectivity index (χ1n) is 5.66. The van der Waals surface area contributed by atoms with Crippen molar-refractivity contribution in [3.05, 3.63) is 42.1 Å². The molecule has 1 saturated heterocycles. The summed E-state index contributed by atoms with van der Waals surface area (Å²) in [6.45, 7) is 0.894. The van der Waals surface area contributed by atoms with E-state index in [1.807, 2.05) is 30.3 Å². The van der Waals surface area contributed by atoms with Gasteiger partial charge >= 0.3 is 6.09 Å². The summed E-state index contributed by atoms with van der Waals surface area (Å²) in [5.74, 6) is 0. The monoisotopic (exact) mass is 241 g/mol. The van der Waals surface area contributed by atoms with Crippen molar-refractivity contribution in [3.63, 3.8) is 0 Å². The molecule has 2 heterocycles. The third-order valence-corrected chi connectivity index (χ3v) is 2.76. The molecule has 0 unspecified atom stereocenters. The molecule has 0 N–H and O–H groups in total. The van der Waals surface area contributed by atoms with Crippen LogP contribution in [-0.2, 0) is 4.74 Å². The lowest BCUT2D eigenvalue weighted by molar-refractivity contribution is 0.159. The van der Waals surface area contributed by atoms with Crippen molar-refractivity contribution in [1.82, 2.24) is 9.99 Å². The van der Waals surface area contributed by atoms with E-state index >= 15 is 0 Å². The van der Waals surface area contributed by atoms with Crippen LogP contribution in [0.3, 0.4) is 0 Å². The Morgan fingerprint density at radius 2 is 2.22 bits per heavy atom. The second-order valence-electron chi connectivity index (χ2n) is 3.90. The Hall–Kier alpha value is -2.43. The zero-order valence-electron chi connectivity index (χ0n) is 9.61. The van der Waals surface area contributed by atoms with Crippen molar-refractivity contribution in [2.24, 2.45) is 5.10 Å². The number of ether oxygens (including phenoxy) is 1. The number of hydrogen-bond donors (Lipinski definition) is 0. The minimum absolute atomic E-state index is 0.396. The van der Waals surface area contributed by atoms with Crippen LogP contribution in [0.5, 0.6) is 0 Å². The quantitative estimate of drug-likeness (QED) is 0.756. The van der Waals surface area contributed by atoms with Gasteiger partial charge in [0.15, 0.2) is 0 Å². The predicted molar refractivity (Wildman–Crippen MR) is 67.4 cm³/mol. The maximum absolute atomic E-state index is 11.2. The molecule has 1 aromatic heterocycles. The average Bonchev–Trinajstić information content (AvgIpc) is 2.82. The summed E-state index contributed by atoms with van der Waals surface area (Å²) in [5, 5.41) is 6.46. The molecule has 1 aromatic carbocycles. The number of carbonyl (C=O) groups excluding carboxylic acids is 1. The highest BCUT2D eigenvalue weighted by Crippen LogP contribution is 2.14. The normalized spacial score (nSPS) is 15.6. The van der Waals surface area contributed by atoms with Gasteiger partial charge in [-0.05, 0) is 12.1 Å². The molecular formula is C13H11N3O2. The third kappa shape index (κ3) is 1.90. The van der Waals surface area contributed by atoms with Gasteiger partial charge in [-0.2, -0.15) is 10.1 Å². The number of hydrogen-bond acceptors (Lipinski definition) is 4. The van der Waals surface area contributed by atoms with Crippen molar-refractivity contribution in [2.75, 3.05) is 13.2 Å². The number of para-hydroxylation sites is 1. The fraction of sp³-hybridized carbons (Fsp3) is 0.154. The van der Waals surface area contributed by atoms with Gasteiger partial charge in [0.2, 0.25) is 0 Å². The highest BCUT2D eigenvalue weighted by Gasteiger charge is 2.20. The maximum atomic E-state index is 11.2. The van der Waals surface area contributed by atoms with Crippen molar-refractivity contribution >= 4 is 23.2 Å². The molecule has 0 bridgehead atoms. The fourth-order valence-electron chi connectivity index (χ4n) is 1.85. The minimum Gasteiger partial charge on any atom is -0.446 e. The number of pyridine rings is 1. The van der Waals surface area contributed by atoms with Crippen LogP contribution in [0.4, 0.5) is 4.79 Å². The lowest BCUT2D eigenvalue weighted by Crippen LogP contribution is -2.17. The Morgan fingerprint density at radius 1 is 1.33 bits per heavy atom. The van der Waals surface area contributed by atoms with E-state index in [1.165, 1.54) is 5.01 Å². The van der Waals surface area contributed by atoms with E-state index in [4.69, 9.17) is 4.74 Å². The summed E-state index contributed by atoms with van der Waals surface area (Å²) < 4.78 is 4.80. The summed E-state index contributed by atoms with van der Waals surface area (Å²) >= 11 is 0. The van der Waals surface area contributed by atoms with Gasteiger partial charge in [-0.25, -0.2) is 4.79 Å². The molecule has 1 amide bonds. The van der Waals surface area contributed by atoms with Gasteiger partial charge in [0.25, 0.3) is 0 Å². The van der Waals surface area contributed by atoms with Crippen LogP contribution in [-0.4, -0.2) is 35.5 Å². The first kappa shape index (κ1) is 10.7. The molecule has 1 fully saturated rings. The Morgan fingerprint density at radius 3 is 3.06 bits per heavy atom. The van der Waals surface area contributed by atoms with Crippen molar-refractivity contribution in [1.29, 1.82) is 0 Å². The van der Waals surface area contributed by atoms with Crippen LogP contribution < -0.4 is 0 Å². The second kappa shape index (κ2) is 4.44. The molecule has 0 radical (unpaired) electrons. The molecule has 2 aromatic rings. The molecule has 0 saturated carbocycles. The Labute approximate surface area is 104 Å². The number of fused-ring (bicyclic) bond motifs is 1. The fourth-order valence-corrected chi connectivity index (χ4v) is 1.85. The van der Waals surface area contributed by atoms with Crippen LogP contribution in [0, 0.1) is 0 Å². The third-order valence-electron chi connectivity index (χ3n) is 2.76. The van der Waals surface area contributed by atoms with Crippen LogP contribution in [0.2, 0.25) is 0 Å². The van der Waals surface area contributed by atoms with Crippen molar-refractivity contribution in [2.45, 2.75) is 0 Å². The zero-order chi connectivity index (χ0) is 12.4. The summed E-state index contributed by atoms with van der Waals surface area (Å²) in [7, 11) is 0. The smallest absolute Gasteiger partial charge is 0.430 e. The summed E-state index contributed by atoms with van der Waals surface area (Å²) in [6.07, 6.45) is 2.99. The lowest BCUT2D eigenvalue weighted by atomic mass is 10.1. The molecule has 0 aliphatic carbocycles. The summed E-state index contributed by atoms with van der Waals surface area (Å²) in [5.41, 5.74) is 1.84. The molecule has 3 rings (SSSR count). The number of rotatable bonds is 2. The van der Waals surface area contributed by atoms with Crippen LogP contribution in [0.1, 0.15) is 5.56 Å². The Balaban J connectivity index is 1.95. The lowest BCUT2D eigenvalue weighted by Gasteiger charge is -2.04. The Bertz CT molecular complexity index is 619. The number of carbonyl (C=O) groups is 1. The first-order chi connectivity index (χ1) is 8.84. The van der Waals surface area contributed by atoms with Crippen molar-refractivity contribution < 1.29 is 9.53 Å². The SMILES string of the molecule is O=C1OCCN1N=Cc1ccnc2ccccc12. The molecule has 18 heavy (non-hydrogen) atoms. The molecule has 90 valence electrons. The molecule has 5 heteroatoms. The molecule has 1 aliphatic heterocycles. The van der Waals surface area contributed by atoms with E-state index in [9.17, 15) is 4.79 Å². The van der Waals surface area contributed by atoms with Gasteiger partial charge in [0, 0.05) is 17.1 Å². The molecule has 1 aliphatic rings. The zero-order valence-corrected chi connectivity index (χ0v) is 9.61. The maximum Gasteiger partial charge on any atom is 0.430 e. The minimum atomic E-state index is -0.399. The van der Waals surface area contributed by atoms with E-state index in [-0.39, 0.29) is 0 Å². The highest BCUT2D eigenvalue weighted by atomic mass is 16.6. The number of aromatic nitrogens is 1. The van der Waals surface area contributed by atoms with Crippen LogP contribution in [0.25, 0.3) is 10.9 Å². The predicted octanol–water partition coefficient (Wildman–Crippen LogP) is 2.02. The number of cyclic esters (lactones) is 1. The molecule has 0 spiro atoms. The Kier molecular flexibility index (Phi) is 2.64. The average molecular weight is 241 g/mol. The van der Waals surface area contributed by atoms with E-state index in [0.29, 0.717) is 13.2 Å². The van der Waals surface area contributed by atoms with Gasteiger partial charge in [-0.1, -0.05) is 18.2 Å². The van der Waals surface area contributed by atoms with Gasteiger partial charge in [-0.15, -0.1) is 0 Å². The summed E-state index contributed by atoms with van der Waals surface area (Å²) in [4.78, 5) is 15.5. The largest absolute Gasteiger partial charge is 0.446 e. The van der Waals surface area contributed by atoms with Gasteiger partial charge in [0.1, 0.15) is 6.61 Å². The highest BCUT2D eigenvalue weighted by molar-refractivity contribution is 5.98. The van der Waals surface area contributed by atoms with E-state index in [2.05, 4.69) is 10.1 Å². The molecular weight excluding hydrogens is 230 g/mol. The van der Waals surface area contributed by atoms with Crippen LogP contribution in [0.15, 0.2) is 41.6 Å². The summed E-state index contributed by atoms with van der Waals surface area (Å²) in [6, 6.07) is 9.68. The van der Waals surface area contributed by atoms with E-state index < -0.39 is 6.09 Å².